The molecule has 6 heteroatoms. The first-order chi connectivity index (χ1) is 6.33. The summed E-state index contributed by atoms with van der Waals surface area (Å²) in [7, 11) is 0. The molecule has 78 valence electrons. The molecule has 5 nitrogen and oxygen atoms in total. The zero-order valence-electron chi connectivity index (χ0n) is 7.90. The maximum atomic E-state index is 10.5. The lowest BCUT2D eigenvalue weighted by atomic mass is 10.0. The van der Waals surface area contributed by atoms with Gasteiger partial charge in [-0.15, -0.1) is 12.6 Å². The summed E-state index contributed by atoms with van der Waals surface area (Å²) in [6, 6.07) is 0. The van der Waals surface area contributed by atoms with Gasteiger partial charge in [0, 0.05) is 5.57 Å². The summed E-state index contributed by atoms with van der Waals surface area (Å²) in [5.74, 6) is -0.516. The van der Waals surface area contributed by atoms with Gasteiger partial charge in [-0.2, -0.15) is 0 Å². The number of carboxylic acid groups (broad SMARTS) is 1. The van der Waals surface area contributed by atoms with Crippen molar-refractivity contribution in [1.82, 2.24) is 5.32 Å². The number of thiol groups is 1. The van der Waals surface area contributed by atoms with Crippen molar-refractivity contribution >= 4 is 24.4 Å². The number of nitrogens with zero attached hydrogens (tertiary/aromatic N) is 1. The Kier molecular flexibility index (Phi) is 2.86. The zero-order valence-corrected chi connectivity index (χ0v) is 8.80. The van der Waals surface area contributed by atoms with E-state index < -0.39 is 11.7 Å². The normalized spacial score (nSPS) is 27.0. The summed E-state index contributed by atoms with van der Waals surface area (Å²) in [6.45, 7) is 3.11. The van der Waals surface area contributed by atoms with Crippen LogP contribution in [-0.4, -0.2) is 27.7 Å². The van der Waals surface area contributed by atoms with E-state index >= 15 is 0 Å². The van der Waals surface area contributed by atoms with Crippen molar-refractivity contribution in [2.75, 3.05) is 0 Å². The van der Waals surface area contributed by atoms with Gasteiger partial charge >= 0.3 is 5.97 Å². The van der Waals surface area contributed by atoms with E-state index in [0.717, 1.165) is 0 Å². The quantitative estimate of drug-likeness (QED) is 0.501. The second kappa shape index (κ2) is 3.62. The van der Waals surface area contributed by atoms with Gasteiger partial charge in [0.2, 0.25) is 0 Å². The molecule has 0 spiro atoms. The monoisotopic (exact) mass is 216 g/mol. The number of aliphatic hydroxyl groups is 1. The molecule has 0 bridgehead atoms. The third-order valence-electron chi connectivity index (χ3n) is 1.87. The van der Waals surface area contributed by atoms with Crippen LogP contribution >= 0.6 is 12.6 Å². The smallest absolute Gasteiger partial charge is 0.307 e. The zero-order chi connectivity index (χ0) is 10.9. The number of amidine groups is 1. The number of aliphatic carboxylic acids is 1. The first-order valence-electron chi connectivity index (χ1n) is 4.03. The Morgan fingerprint density at radius 2 is 2.29 bits per heavy atom. The molecule has 0 aromatic carbocycles. The first kappa shape index (κ1) is 11.1. The average Bonchev–Trinajstić information content (AvgIpc) is 1.95. The summed E-state index contributed by atoms with van der Waals surface area (Å²) in [6.07, 6.45) is -0.282. The molecule has 1 aliphatic heterocycles. The lowest BCUT2D eigenvalue weighted by Crippen LogP contribution is -2.37. The summed E-state index contributed by atoms with van der Waals surface area (Å²) >= 11 is 4.07. The average molecular weight is 216 g/mol. The molecule has 0 aromatic rings. The molecule has 1 atom stereocenters. The van der Waals surface area contributed by atoms with E-state index in [-0.39, 0.29) is 12.0 Å². The predicted octanol–water partition coefficient (Wildman–Crippen LogP) is 0.333. The van der Waals surface area contributed by atoms with Crippen LogP contribution in [-0.2, 0) is 4.79 Å². The highest BCUT2D eigenvalue weighted by Crippen LogP contribution is 2.28. The maximum absolute atomic E-state index is 10.5. The van der Waals surface area contributed by atoms with Crippen molar-refractivity contribution in [2.45, 2.75) is 26.0 Å². The molecule has 0 fully saturated rings. The van der Waals surface area contributed by atoms with Gasteiger partial charge < -0.3 is 15.5 Å². The highest BCUT2D eigenvalue weighted by Gasteiger charge is 2.32. The van der Waals surface area contributed by atoms with Crippen LogP contribution in [0.1, 0.15) is 20.3 Å². The molecule has 3 N–H and O–H groups in total. The molecular formula is C8H12N2O3S. The highest BCUT2D eigenvalue weighted by molar-refractivity contribution is 7.84. The van der Waals surface area contributed by atoms with Gasteiger partial charge in [0.1, 0.15) is 5.84 Å². The first-order valence-corrected chi connectivity index (χ1v) is 4.48. The summed E-state index contributed by atoms with van der Waals surface area (Å²) < 4.78 is 0. The summed E-state index contributed by atoms with van der Waals surface area (Å²) in [5, 5.41) is 21.6. The largest absolute Gasteiger partial charge is 0.481 e. The maximum Gasteiger partial charge on any atom is 0.307 e. The van der Waals surface area contributed by atoms with Gasteiger partial charge in [-0.05, 0) is 13.8 Å². The number of rotatable bonds is 2. The topological polar surface area (TPSA) is 81.9 Å². The lowest BCUT2D eigenvalue weighted by Gasteiger charge is -2.28. The van der Waals surface area contributed by atoms with Crippen molar-refractivity contribution in [1.29, 1.82) is 0 Å². The van der Waals surface area contributed by atoms with Gasteiger partial charge in [0.05, 0.1) is 11.4 Å². The number of aliphatic imine (C=N–C) groups is 1. The van der Waals surface area contributed by atoms with Gasteiger partial charge in [-0.25, -0.2) is 4.99 Å². The van der Waals surface area contributed by atoms with Gasteiger partial charge in [0.15, 0.2) is 5.72 Å². The van der Waals surface area contributed by atoms with Crippen molar-refractivity contribution in [3.8, 4) is 0 Å². The van der Waals surface area contributed by atoms with Crippen LogP contribution in [0, 0.1) is 0 Å². The summed E-state index contributed by atoms with van der Waals surface area (Å²) in [5.41, 5.74) is -1.22. The number of hydrogen-bond acceptors (Lipinski definition) is 5. The summed E-state index contributed by atoms with van der Waals surface area (Å²) in [4.78, 5) is 14.4. The van der Waals surface area contributed by atoms with Crippen LogP contribution < -0.4 is 5.32 Å². The molecule has 0 saturated carbocycles. The third kappa shape index (κ3) is 2.27. The van der Waals surface area contributed by atoms with Gasteiger partial charge in [0.25, 0.3) is 0 Å². The Hall–Kier alpha value is -1.01. The number of carbonyl (C=O) groups is 1. The third-order valence-corrected chi connectivity index (χ3v) is 2.25. The molecule has 1 aliphatic rings. The minimum atomic E-state index is -1.48. The van der Waals surface area contributed by atoms with E-state index in [2.05, 4.69) is 22.9 Å². The molecule has 0 radical (unpaired) electrons. The highest BCUT2D eigenvalue weighted by atomic mass is 32.1. The second-order valence-corrected chi connectivity index (χ2v) is 3.69. The molecule has 0 amide bonds. The molecule has 0 aliphatic carbocycles. The molecule has 1 rings (SSSR count). The van der Waals surface area contributed by atoms with E-state index in [0.29, 0.717) is 10.9 Å². The Morgan fingerprint density at radius 3 is 2.71 bits per heavy atom. The Labute approximate surface area is 86.9 Å². The minimum absolute atomic E-state index is 0.263. The fourth-order valence-electron chi connectivity index (χ4n) is 1.30. The van der Waals surface area contributed by atoms with Gasteiger partial charge in [-0.3, -0.25) is 4.79 Å². The van der Waals surface area contributed by atoms with E-state index in [1.165, 1.54) is 6.92 Å². The van der Waals surface area contributed by atoms with Gasteiger partial charge in [-0.1, -0.05) is 0 Å². The van der Waals surface area contributed by atoms with E-state index in [1.54, 1.807) is 6.92 Å². The number of nitrogens with one attached hydrogen (secondary N) is 1. The molecule has 14 heavy (non-hydrogen) atoms. The Bertz CT molecular complexity index is 333. The van der Waals surface area contributed by atoms with Crippen molar-refractivity contribution < 1.29 is 15.0 Å². The van der Waals surface area contributed by atoms with E-state index in [9.17, 15) is 9.90 Å². The Morgan fingerprint density at radius 1 is 1.71 bits per heavy atom. The van der Waals surface area contributed by atoms with Crippen LogP contribution in [0.4, 0.5) is 0 Å². The second-order valence-electron chi connectivity index (χ2n) is 3.24. The Balaban J connectivity index is 3.02. The fourth-order valence-corrected chi connectivity index (χ4v) is 1.75. The van der Waals surface area contributed by atoms with Crippen LogP contribution in [0.15, 0.2) is 15.6 Å². The van der Waals surface area contributed by atoms with E-state index in [1.807, 2.05) is 0 Å². The fraction of sp³-hybridized carbons (Fsp3) is 0.500. The standard InChI is InChI=1S/C8H12N2O3S/c1-4-9-7(14)5(3-6(11)12)8(2,13)10-4/h13-14H,3H2,1-2H3,(H,9,10)(H,11,12). The van der Waals surface area contributed by atoms with E-state index in [4.69, 9.17) is 5.11 Å². The lowest BCUT2D eigenvalue weighted by molar-refractivity contribution is -0.136. The molecular weight excluding hydrogens is 204 g/mol. The van der Waals surface area contributed by atoms with Crippen molar-refractivity contribution in [3.63, 3.8) is 0 Å². The number of carboxylic acids is 1. The molecule has 0 aromatic heterocycles. The van der Waals surface area contributed by atoms with Crippen LogP contribution in [0.2, 0.25) is 0 Å². The number of hydrogen-bond donors (Lipinski definition) is 4. The van der Waals surface area contributed by atoms with Crippen LogP contribution in [0.3, 0.4) is 0 Å². The van der Waals surface area contributed by atoms with Crippen molar-refractivity contribution in [2.24, 2.45) is 4.99 Å². The SMILES string of the molecule is CC1=NC(C)(O)C(CC(=O)O)=C(S)N1. The minimum Gasteiger partial charge on any atom is -0.481 e. The molecule has 1 heterocycles. The van der Waals surface area contributed by atoms with Crippen LogP contribution in [0.25, 0.3) is 0 Å². The predicted molar refractivity (Wildman–Crippen MR) is 55.1 cm³/mol. The molecule has 1 unspecified atom stereocenters. The van der Waals surface area contributed by atoms with Crippen LogP contribution in [0.5, 0.6) is 0 Å². The molecule has 0 saturated heterocycles. The van der Waals surface area contributed by atoms with Crippen molar-refractivity contribution in [3.05, 3.63) is 10.6 Å².